The minimum Gasteiger partial charge on any atom is -0.394 e. The Hall–Kier alpha value is -2.37. The monoisotopic (exact) mass is 345 g/mol. The van der Waals surface area contributed by atoms with Crippen LogP contribution in [0, 0.1) is 5.82 Å². The average molecular weight is 346 g/mol. The highest BCUT2D eigenvalue weighted by atomic mass is 35.5. The molecule has 6 heteroatoms. The van der Waals surface area contributed by atoms with Gasteiger partial charge in [0.05, 0.1) is 31.1 Å². The van der Waals surface area contributed by atoms with Crippen molar-refractivity contribution in [3.63, 3.8) is 0 Å². The van der Waals surface area contributed by atoms with Gasteiger partial charge in [0.15, 0.2) is 0 Å². The number of aromatic nitrogens is 2. The second kappa shape index (κ2) is 7.47. The Kier molecular flexibility index (Phi) is 5.13. The van der Waals surface area contributed by atoms with Gasteiger partial charge in [0.2, 0.25) is 0 Å². The minimum absolute atomic E-state index is 0.0209. The van der Waals surface area contributed by atoms with Gasteiger partial charge in [-0.05, 0) is 29.3 Å². The van der Waals surface area contributed by atoms with E-state index >= 15 is 0 Å². The smallest absolute Gasteiger partial charge is 0.123 e. The summed E-state index contributed by atoms with van der Waals surface area (Å²) < 4.78 is 14.9. The summed E-state index contributed by atoms with van der Waals surface area (Å²) in [5.74, 6) is -0.285. The Morgan fingerprint density at radius 1 is 1.17 bits per heavy atom. The average Bonchev–Trinajstić information content (AvgIpc) is 3.02. The Morgan fingerprint density at radius 2 is 1.92 bits per heavy atom. The first kappa shape index (κ1) is 16.5. The summed E-state index contributed by atoms with van der Waals surface area (Å²) >= 11 is 6.35. The fraction of sp³-hybridized carbons (Fsp3) is 0.167. The Morgan fingerprint density at radius 3 is 2.62 bits per heavy atom. The first-order chi connectivity index (χ1) is 11.7. The highest BCUT2D eigenvalue weighted by Crippen LogP contribution is 2.31. The van der Waals surface area contributed by atoms with Crippen molar-refractivity contribution in [2.75, 3.05) is 11.9 Å². The second-order valence-electron chi connectivity index (χ2n) is 5.37. The lowest BCUT2D eigenvalue weighted by atomic mass is 9.98. The third-order valence-electron chi connectivity index (χ3n) is 3.69. The van der Waals surface area contributed by atoms with E-state index in [0.717, 1.165) is 16.8 Å². The second-order valence-corrected chi connectivity index (χ2v) is 5.77. The number of hydrogen-bond donors (Lipinski definition) is 2. The van der Waals surface area contributed by atoms with Crippen LogP contribution in [0.1, 0.15) is 17.2 Å². The first-order valence-corrected chi connectivity index (χ1v) is 7.95. The molecule has 0 aliphatic rings. The maximum atomic E-state index is 13.3. The van der Waals surface area contributed by atoms with Crippen LogP contribution in [0.15, 0.2) is 60.9 Å². The van der Waals surface area contributed by atoms with Crippen molar-refractivity contribution in [2.24, 2.45) is 0 Å². The summed E-state index contributed by atoms with van der Waals surface area (Å²) in [5, 5.41) is 17.2. The normalized spacial score (nSPS) is 12.1. The van der Waals surface area contributed by atoms with Crippen LogP contribution in [0.25, 0.3) is 0 Å². The van der Waals surface area contributed by atoms with Crippen molar-refractivity contribution < 1.29 is 9.50 Å². The molecule has 0 bridgehead atoms. The predicted molar refractivity (Wildman–Crippen MR) is 92.6 cm³/mol. The molecule has 0 aliphatic heterocycles. The number of benzene rings is 2. The van der Waals surface area contributed by atoms with Crippen molar-refractivity contribution in [1.29, 1.82) is 0 Å². The molecule has 4 nitrogen and oxygen atoms in total. The Bertz CT molecular complexity index is 804. The maximum Gasteiger partial charge on any atom is 0.123 e. The largest absolute Gasteiger partial charge is 0.394 e. The number of rotatable bonds is 6. The summed E-state index contributed by atoms with van der Waals surface area (Å²) in [6.07, 6.45) is 3.49. The summed E-state index contributed by atoms with van der Waals surface area (Å²) in [6, 6.07) is 13.6. The van der Waals surface area contributed by atoms with Gasteiger partial charge in [-0.25, -0.2) is 4.39 Å². The predicted octanol–water partition coefficient (Wildman–Crippen LogP) is 3.87. The van der Waals surface area contributed by atoms with E-state index in [1.165, 1.54) is 12.1 Å². The summed E-state index contributed by atoms with van der Waals surface area (Å²) in [4.78, 5) is 0. The number of nitrogens with zero attached hydrogens (tertiary/aromatic N) is 2. The molecule has 1 heterocycles. The topological polar surface area (TPSA) is 50.1 Å². The fourth-order valence-corrected chi connectivity index (χ4v) is 2.78. The third-order valence-corrected chi connectivity index (χ3v) is 4.04. The molecule has 0 spiro atoms. The molecule has 1 unspecified atom stereocenters. The SMILES string of the molecule is OCCn1cc(NC(c2ccc(F)cc2)c2ccccc2Cl)cn1. The number of halogens is 2. The quantitative estimate of drug-likeness (QED) is 0.713. The summed E-state index contributed by atoms with van der Waals surface area (Å²) in [7, 11) is 0. The fourth-order valence-electron chi connectivity index (χ4n) is 2.53. The van der Waals surface area contributed by atoms with Gasteiger partial charge in [0.25, 0.3) is 0 Å². The molecule has 0 saturated heterocycles. The molecular weight excluding hydrogens is 329 g/mol. The summed E-state index contributed by atoms with van der Waals surface area (Å²) in [6.45, 7) is 0.446. The van der Waals surface area contributed by atoms with Gasteiger partial charge >= 0.3 is 0 Å². The van der Waals surface area contributed by atoms with Gasteiger partial charge in [-0.1, -0.05) is 41.9 Å². The number of aliphatic hydroxyl groups is 1. The molecule has 0 saturated carbocycles. The van der Waals surface area contributed by atoms with Crippen LogP contribution in [0.3, 0.4) is 0 Å². The maximum absolute atomic E-state index is 13.3. The molecule has 0 fully saturated rings. The lowest BCUT2D eigenvalue weighted by molar-refractivity contribution is 0.269. The molecule has 1 aromatic heterocycles. The number of nitrogens with one attached hydrogen (secondary N) is 1. The highest BCUT2D eigenvalue weighted by Gasteiger charge is 2.17. The van der Waals surface area contributed by atoms with Crippen LogP contribution in [-0.2, 0) is 6.54 Å². The van der Waals surface area contributed by atoms with Gasteiger partial charge in [-0.2, -0.15) is 5.10 Å². The van der Waals surface area contributed by atoms with Crippen molar-refractivity contribution in [3.05, 3.63) is 82.9 Å². The van der Waals surface area contributed by atoms with Gasteiger partial charge in [0, 0.05) is 11.2 Å². The Labute approximate surface area is 144 Å². The zero-order valence-electron chi connectivity index (χ0n) is 12.9. The van der Waals surface area contributed by atoms with Crippen molar-refractivity contribution >= 4 is 17.3 Å². The zero-order valence-corrected chi connectivity index (χ0v) is 13.6. The van der Waals surface area contributed by atoms with Gasteiger partial charge in [-0.15, -0.1) is 0 Å². The lowest BCUT2D eigenvalue weighted by Gasteiger charge is -2.21. The molecular formula is C18H17ClFN3O. The van der Waals surface area contributed by atoms with Crippen molar-refractivity contribution in [2.45, 2.75) is 12.6 Å². The van der Waals surface area contributed by atoms with E-state index in [1.54, 1.807) is 23.0 Å². The van der Waals surface area contributed by atoms with E-state index in [4.69, 9.17) is 16.7 Å². The molecule has 3 rings (SSSR count). The molecule has 2 N–H and O–H groups in total. The molecule has 3 aromatic rings. The third kappa shape index (κ3) is 3.75. The van der Waals surface area contributed by atoms with Crippen LogP contribution in [0.4, 0.5) is 10.1 Å². The molecule has 0 aliphatic carbocycles. The number of hydrogen-bond acceptors (Lipinski definition) is 3. The standard InChI is InChI=1S/C18H17ClFN3O/c19-17-4-2-1-3-16(17)18(13-5-7-14(20)8-6-13)22-15-11-21-23(12-15)9-10-24/h1-8,11-12,18,22,24H,9-10H2. The zero-order chi connectivity index (χ0) is 16.9. The van der Waals surface area contributed by atoms with E-state index in [2.05, 4.69) is 10.4 Å². The lowest BCUT2D eigenvalue weighted by Crippen LogP contribution is -2.12. The van der Waals surface area contributed by atoms with Gasteiger partial charge in [0.1, 0.15) is 5.82 Å². The number of anilines is 1. The van der Waals surface area contributed by atoms with Crippen LogP contribution in [-0.4, -0.2) is 21.5 Å². The van der Waals surface area contributed by atoms with Crippen LogP contribution >= 0.6 is 11.6 Å². The van der Waals surface area contributed by atoms with Crippen LogP contribution in [0.5, 0.6) is 0 Å². The van der Waals surface area contributed by atoms with E-state index in [-0.39, 0.29) is 18.5 Å². The first-order valence-electron chi connectivity index (χ1n) is 7.57. The summed E-state index contributed by atoms with van der Waals surface area (Å²) in [5.41, 5.74) is 2.57. The van der Waals surface area contributed by atoms with E-state index in [9.17, 15) is 4.39 Å². The molecule has 24 heavy (non-hydrogen) atoms. The van der Waals surface area contributed by atoms with Crippen molar-refractivity contribution in [1.82, 2.24) is 9.78 Å². The van der Waals surface area contributed by atoms with Crippen molar-refractivity contribution in [3.8, 4) is 0 Å². The molecule has 2 aromatic carbocycles. The molecule has 124 valence electrons. The molecule has 0 radical (unpaired) electrons. The van der Waals surface area contributed by atoms with Gasteiger partial charge < -0.3 is 10.4 Å². The van der Waals surface area contributed by atoms with E-state index < -0.39 is 0 Å². The minimum atomic E-state index is -0.285. The molecule has 1 atom stereocenters. The molecule has 0 amide bonds. The van der Waals surface area contributed by atoms with E-state index in [1.807, 2.05) is 30.5 Å². The highest BCUT2D eigenvalue weighted by molar-refractivity contribution is 6.31. The van der Waals surface area contributed by atoms with Crippen LogP contribution in [0.2, 0.25) is 5.02 Å². The Balaban J connectivity index is 1.95. The van der Waals surface area contributed by atoms with E-state index in [0.29, 0.717) is 11.6 Å². The van der Waals surface area contributed by atoms with Gasteiger partial charge in [-0.3, -0.25) is 4.68 Å². The number of aliphatic hydroxyl groups excluding tert-OH is 1. The van der Waals surface area contributed by atoms with Crippen LogP contribution < -0.4 is 5.32 Å².